The largest absolute Gasteiger partial charge is 0.360 e. The summed E-state index contributed by atoms with van der Waals surface area (Å²) in [5, 5.41) is 16.1. The van der Waals surface area contributed by atoms with Crippen LogP contribution in [-0.4, -0.2) is 37.0 Å². The molecule has 0 saturated carbocycles. The van der Waals surface area contributed by atoms with E-state index in [1.54, 1.807) is 13.0 Å². The van der Waals surface area contributed by atoms with E-state index in [-0.39, 0.29) is 11.7 Å². The number of rotatable bonds is 4. The fourth-order valence-electron chi connectivity index (χ4n) is 2.30. The lowest BCUT2D eigenvalue weighted by Gasteiger charge is -2.00. The van der Waals surface area contributed by atoms with Crippen LogP contribution in [0.15, 0.2) is 40.0 Å². The van der Waals surface area contributed by atoms with E-state index in [9.17, 15) is 4.79 Å². The number of aromatic amines is 1. The van der Waals surface area contributed by atoms with E-state index >= 15 is 0 Å². The summed E-state index contributed by atoms with van der Waals surface area (Å²) in [6, 6.07) is 9.45. The Hall–Kier alpha value is -2.94. The zero-order valence-electron chi connectivity index (χ0n) is 12.6. The maximum Gasteiger partial charge on any atom is 0.236 e. The van der Waals surface area contributed by atoms with E-state index in [2.05, 4.69) is 30.6 Å². The first-order valence-electron chi connectivity index (χ1n) is 7.16. The van der Waals surface area contributed by atoms with Gasteiger partial charge in [0.25, 0.3) is 0 Å². The first-order chi connectivity index (χ1) is 11.7. The van der Waals surface area contributed by atoms with Crippen molar-refractivity contribution in [3.05, 3.63) is 36.1 Å². The van der Waals surface area contributed by atoms with Gasteiger partial charge >= 0.3 is 0 Å². The molecule has 3 heterocycles. The summed E-state index contributed by atoms with van der Waals surface area (Å²) in [6.07, 6.45) is 0. The van der Waals surface area contributed by atoms with E-state index in [1.807, 2.05) is 24.3 Å². The molecule has 0 fully saturated rings. The van der Waals surface area contributed by atoms with Crippen molar-refractivity contribution in [2.75, 3.05) is 11.1 Å². The number of thioether (sulfide) groups is 1. The van der Waals surface area contributed by atoms with Gasteiger partial charge in [0.15, 0.2) is 11.5 Å². The Morgan fingerprint density at radius 1 is 1.33 bits per heavy atom. The van der Waals surface area contributed by atoms with Crippen LogP contribution in [-0.2, 0) is 4.79 Å². The normalized spacial score (nSPS) is 11.2. The number of benzene rings is 1. The third-order valence-electron chi connectivity index (χ3n) is 3.33. The minimum Gasteiger partial charge on any atom is -0.360 e. The second-order valence-electron chi connectivity index (χ2n) is 5.12. The quantitative estimate of drug-likeness (QED) is 0.549. The number of nitrogens with zero attached hydrogens (tertiary/aromatic N) is 4. The Kier molecular flexibility index (Phi) is 3.62. The van der Waals surface area contributed by atoms with E-state index in [0.29, 0.717) is 22.4 Å². The van der Waals surface area contributed by atoms with Gasteiger partial charge in [0.1, 0.15) is 11.3 Å². The van der Waals surface area contributed by atoms with Crippen molar-refractivity contribution in [2.45, 2.75) is 12.1 Å². The molecule has 0 spiro atoms. The second kappa shape index (κ2) is 5.93. The van der Waals surface area contributed by atoms with Crippen LogP contribution in [0, 0.1) is 6.92 Å². The highest BCUT2D eigenvalue weighted by atomic mass is 32.2. The summed E-state index contributed by atoms with van der Waals surface area (Å²) >= 11 is 1.20. The maximum atomic E-state index is 11.9. The third-order valence-corrected chi connectivity index (χ3v) is 4.17. The molecule has 0 bridgehead atoms. The number of hydrogen-bond acceptors (Lipinski definition) is 7. The van der Waals surface area contributed by atoms with Crippen LogP contribution < -0.4 is 5.32 Å². The van der Waals surface area contributed by atoms with Crippen LogP contribution in [0.4, 0.5) is 5.82 Å². The lowest BCUT2D eigenvalue weighted by atomic mass is 10.2. The molecule has 0 aliphatic heterocycles. The number of carbonyl (C=O) groups excluding carboxylic acids is 1. The standard InChI is InChI=1S/C15H12N6O2S/c1-8-6-11(21-23-8)17-12(22)7-24-15-18-14-13(19-20-15)9-4-2-3-5-10(9)16-14/h2-6H,7H2,1H3,(H,16,18,20)(H,17,21,22). The molecule has 4 aromatic rings. The highest BCUT2D eigenvalue weighted by Crippen LogP contribution is 2.23. The maximum absolute atomic E-state index is 11.9. The number of nitrogens with one attached hydrogen (secondary N) is 2. The summed E-state index contributed by atoms with van der Waals surface area (Å²) in [4.78, 5) is 19.5. The Labute approximate surface area is 140 Å². The Balaban J connectivity index is 1.48. The molecule has 8 nitrogen and oxygen atoms in total. The predicted octanol–water partition coefficient (Wildman–Crippen LogP) is 2.53. The van der Waals surface area contributed by atoms with Crippen LogP contribution in [0.5, 0.6) is 0 Å². The molecule has 24 heavy (non-hydrogen) atoms. The molecule has 3 aromatic heterocycles. The zero-order chi connectivity index (χ0) is 16.5. The molecule has 2 N–H and O–H groups in total. The SMILES string of the molecule is Cc1cc(NC(=O)CSc2nnc3c(n2)[nH]c2ccccc23)no1. The first-order valence-corrected chi connectivity index (χ1v) is 8.15. The topological polar surface area (TPSA) is 110 Å². The van der Waals surface area contributed by atoms with E-state index < -0.39 is 0 Å². The molecule has 0 saturated heterocycles. The fraction of sp³-hybridized carbons (Fsp3) is 0.133. The Morgan fingerprint density at radius 3 is 3.04 bits per heavy atom. The van der Waals surface area contributed by atoms with Crippen LogP contribution in [0.25, 0.3) is 22.1 Å². The van der Waals surface area contributed by atoms with Gasteiger partial charge in [-0.15, -0.1) is 10.2 Å². The summed E-state index contributed by atoms with van der Waals surface area (Å²) in [5.41, 5.74) is 2.33. The fourth-order valence-corrected chi connectivity index (χ4v) is 2.89. The van der Waals surface area contributed by atoms with Crippen LogP contribution >= 0.6 is 11.8 Å². The number of carbonyl (C=O) groups is 1. The number of H-pyrrole nitrogens is 1. The number of hydrogen-bond donors (Lipinski definition) is 2. The second-order valence-corrected chi connectivity index (χ2v) is 6.06. The summed E-state index contributed by atoms with van der Waals surface area (Å²) in [7, 11) is 0. The van der Waals surface area contributed by atoms with E-state index in [4.69, 9.17) is 4.52 Å². The molecule has 0 aliphatic carbocycles. The predicted molar refractivity (Wildman–Crippen MR) is 89.8 cm³/mol. The number of amides is 1. The van der Waals surface area contributed by atoms with Crippen LogP contribution in [0.2, 0.25) is 0 Å². The summed E-state index contributed by atoms with van der Waals surface area (Å²) < 4.78 is 4.89. The highest BCUT2D eigenvalue weighted by Gasteiger charge is 2.11. The lowest BCUT2D eigenvalue weighted by molar-refractivity contribution is -0.113. The number of aromatic nitrogens is 5. The molecule has 1 amide bonds. The number of anilines is 1. The Morgan fingerprint density at radius 2 is 2.21 bits per heavy atom. The van der Waals surface area contributed by atoms with E-state index in [0.717, 1.165) is 16.4 Å². The van der Waals surface area contributed by atoms with Crippen molar-refractivity contribution < 1.29 is 9.32 Å². The van der Waals surface area contributed by atoms with Gasteiger partial charge in [-0.3, -0.25) is 4.79 Å². The van der Waals surface area contributed by atoms with Gasteiger partial charge in [-0.1, -0.05) is 35.1 Å². The minimum absolute atomic E-state index is 0.152. The van der Waals surface area contributed by atoms with Crippen molar-refractivity contribution in [2.24, 2.45) is 0 Å². The molecule has 1 aromatic carbocycles. The first kappa shape index (κ1) is 14.6. The summed E-state index contributed by atoms with van der Waals surface area (Å²) in [5.74, 6) is 0.964. The molecule has 4 rings (SSSR count). The van der Waals surface area contributed by atoms with Crippen molar-refractivity contribution >= 4 is 45.6 Å². The van der Waals surface area contributed by atoms with Crippen molar-refractivity contribution in [1.29, 1.82) is 0 Å². The molecule has 9 heteroatoms. The van der Waals surface area contributed by atoms with Gasteiger partial charge in [-0.05, 0) is 13.0 Å². The van der Waals surface area contributed by atoms with Crippen molar-refractivity contribution in [3.63, 3.8) is 0 Å². The number of fused-ring (bicyclic) bond motifs is 3. The minimum atomic E-state index is -0.214. The molecule has 0 radical (unpaired) electrons. The molecule has 0 atom stereocenters. The van der Waals surface area contributed by atoms with Crippen LogP contribution in [0.3, 0.4) is 0 Å². The number of aryl methyl sites for hydroxylation is 1. The van der Waals surface area contributed by atoms with Gasteiger partial charge in [0.05, 0.1) is 5.75 Å². The molecule has 0 aliphatic rings. The van der Waals surface area contributed by atoms with Crippen LogP contribution in [0.1, 0.15) is 5.76 Å². The van der Waals surface area contributed by atoms with Crippen molar-refractivity contribution in [3.8, 4) is 0 Å². The van der Waals surface area contributed by atoms with E-state index in [1.165, 1.54) is 11.8 Å². The highest BCUT2D eigenvalue weighted by molar-refractivity contribution is 7.99. The monoisotopic (exact) mass is 340 g/mol. The van der Waals surface area contributed by atoms with Gasteiger partial charge in [0, 0.05) is 17.0 Å². The van der Waals surface area contributed by atoms with Gasteiger partial charge in [-0.2, -0.15) is 0 Å². The molecular formula is C15H12N6O2S. The van der Waals surface area contributed by atoms with Gasteiger partial charge in [0.2, 0.25) is 11.1 Å². The van der Waals surface area contributed by atoms with Crippen molar-refractivity contribution in [1.82, 2.24) is 25.3 Å². The summed E-state index contributed by atoms with van der Waals surface area (Å²) in [6.45, 7) is 1.76. The molecule has 120 valence electrons. The third kappa shape index (κ3) is 2.81. The lowest BCUT2D eigenvalue weighted by Crippen LogP contribution is -2.14. The van der Waals surface area contributed by atoms with Gasteiger partial charge in [-0.25, -0.2) is 4.98 Å². The smallest absolute Gasteiger partial charge is 0.236 e. The zero-order valence-corrected chi connectivity index (χ0v) is 13.4. The Bertz CT molecular complexity index is 1040. The molecule has 0 unspecified atom stereocenters. The molecular weight excluding hydrogens is 328 g/mol. The van der Waals surface area contributed by atoms with Gasteiger partial charge < -0.3 is 14.8 Å². The number of para-hydroxylation sites is 1. The average molecular weight is 340 g/mol. The average Bonchev–Trinajstić information content (AvgIpc) is 3.15.